The second-order valence-electron chi connectivity index (χ2n) is 3.21. The van der Waals surface area contributed by atoms with Crippen molar-refractivity contribution in [2.75, 3.05) is 19.5 Å². The summed E-state index contributed by atoms with van der Waals surface area (Å²) in [5, 5.41) is 0. The van der Waals surface area contributed by atoms with Gasteiger partial charge in [0.25, 0.3) is 0 Å². The molecule has 0 aliphatic rings. The van der Waals surface area contributed by atoms with Gasteiger partial charge in [-0.2, -0.15) is 0 Å². The Morgan fingerprint density at radius 3 is 2.88 bits per heavy atom. The molecule has 0 heterocycles. The van der Waals surface area contributed by atoms with Gasteiger partial charge in [0, 0.05) is 12.5 Å². The van der Waals surface area contributed by atoms with Crippen LogP contribution in [0.2, 0.25) is 0 Å². The van der Waals surface area contributed by atoms with Gasteiger partial charge in [-0.25, -0.2) is 4.39 Å². The lowest BCUT2D eigenvalue weighted by molar-refractivity contribution is -0.140. The fraction of sp³-hybridized carbons (Fsp3) is 0.364. The Balaban J connectivity index is 2.35. The van der Waals surface area contributed by atoms with Crippen molar-refractivity contribution < 1.29 is 18.7 Å². The molecular formula is C11H14FNO3. The minimum absolute atomic E-state index is 0.248. The summed E-state index contributed by atoms with van der Waals surface area (Å²) in [6.45, 7) is 0.338. The number of anilines is 1. The molecule has 4 nitrogen and oxygen atoms in total. The molecular weight excluding hydrogens is 213 g/mol. The number of halogens is 1. The normalized spacial score (nSPS) is 9.88. The smallest absolute Gasteiger partial charge is 0.305 e. The zero-order valence-corrected chi connectivity index (χ0v) is 9.03. The molecule has 0 aromatic heterocycles. The van der Waals surface area contributed by atoms with Crippen LogP contribution in [0.4, 0.5) is 10.1 Å². The molecule has 5 heteroatoms. The molecule has 16 heavy (non-hydrogen) atoms. The lowest BCUT2D eigenvalue weighted by Gasteiger charge is -2.08. The quantitative estimate of drug-likeness (QED) is 0.473. The van der Waals surface area contributed by atoms with E-state index in [2.05, 4.69) is 4.74 Å². The molecule has 1 aromatic carbocycles. The summed E-state index contributed by atoms with van der Waals surface area (Å²) in [6, 6.07) is 3.92. The summed E-state index contributed by atoms with van der Waals surface area (Å²) >= 11 is 0. The highest BCUT2D eigenvalue weighted by Crippen LogP contribution is 2.21. The fourth-order valence-corrected chi connectivity index (χ4v) is 1.15. The van der Waals surface area contributed by atoms with Crippen molar-refractivity contribution in [3.8, 4) is 5.75 Å². The van der Waals surface area contributed by atoms with Gasteiger partial charge in [0.15, 0.2) is 0 Å². The van der Waals surface area contributed by atoms with Crippen molar-refractivity contribution in [3.63, 3.8) is 0 Å². The monoisotopic (exact) mass is 227 g/mol. The Labute approximate surface area is 93.2 Å². The number of benzene rings is 1. The lowest BCUT2D eigenvalue weighted by Crippen LogP contribution is -2.05. The van der Waals surface area contributed by atoms with Crippen LogP contribution < -0.4 is 10.5 Å². The van der Waals surface area contributed by atoms with Gasteiger partial charge in [0.1, 0.15) is 11.6 Å². The number of methoxy groups -OCH3 is 1. The van der Waals surface area contributed by atoms with Crippen LogP contribution in [0.3, 0.4) is 0 Å². The number of nitrogens with two attached hydrogens (primary N) is 1. The molecule has 0 aliphatic carbocycles. The highest BCUT2D eigenvalue weighted by atomic mass is 19.1. The van der Waals surface area contributed by atoms with E-state index in [1.54, 1.807) is 0 Å². The first kappa shape index (κ1) is 12.3. The number of esters is 1. The molecule has 0 atom stereocenters. The summed E-state index contributed by atoms with van der Waals surface area (Å²) < 4.78 is 22.5. The molecule has 2 N–H and O–H groups in total. The summed E-state index contributed by atoms with van der Waals surface area (Å²) in [4.78, 5) is 10.8. The van der Waals surface area contributed by atoms with Gasteiger partial charge in [-0.3, -0.25) is 4.79 Å². The van der Waals surface area contributed by atoms with Crippen molar-refractivity contribution in [1.82, 2.24) is 0 Å². The number of carbonyl (C=O) groups excluding carboxylic acids is 1. The summed E-state index contributed by atoms with van der Waals surface area (Å²) in [5.41, 5.74) is 5.78. The summed E-state index contributed by atoms with van der Waals surface area (Å²) in [5.74, 6) is -0.263. The molecule has 0 saturated carbocycles. The average molecular weight is 227 g/mol. The SMILES string of the molecule is COC(=O)CCCOc1ccc(F)cc1N. The predicted octanol–water partition coefficient (Wildman–Crippen LogP) is 1.74. The maximum Gasteiger partial charge on any atom is 0.305 e. The first-order chi connectivity index (χ1) is 7.63. The van der Waals surface area contributed by atoms with Crippen molar-refractivity contribution in [2.45, 2.75) is 12.8 Å². The van der Waals surface area contributed by atoms with Gasteiger partial charge in [-0.05, 0) is 18.6 Å². The molecule has 0 bridgehead atoms. The first-order valence-corrected chi connectivity index (χ1v) is 4.88. The molecule has 1 rings (SSSR count). The van der Waals surface area contributed by atoms with Crippen molar-refractivity contribution in [2.24, 2.45) is 0 Å². The van der Waals surface area contributed by atoms with E-state index >= 15 is 0 Å². The Bertz CT molecular complexity index is 368. The van der Waals surface area contributed by atoms with Crippen LogP contribution >= 0.6 is 0 Å². The van der Waals surface area contributed by atoms with Crippen molar-refractivity contribution >= 4 is 11.7 Å². The summed E-state index contributed by atoms with van der Waals surface area (Å²) in [6.07, 6.45) is 0.821. The first-order valence-electron chi connectivity index (χ1n) is 4.88. The van der Waals surface area contributed by atoms with E-state index in [0.29, 0.717) is 18.8 Å². The molecule has 0 aliphatic heterocycles. The second kappa shape index (κ2) is 5.95. The second-order valence-corrected chi connectivity index (χ2v) is 3.21. The Morgan fingerprint density at radius 1 is 1.50 bits per heavy atom. The molecule has 88 valence electrons. The van der Waals surface area contributed by atoms with E-state index in [4.69, 9.17) is 10.5 Å². The van der Waals surface area contributed by atoms with E-state index in [1.165, 1.54) is 25.3 Å². The summed E-state index contributed by atoms with van der Waals surface area (Å²) in [7, 11) is 1.33. The Morgan fingerprint density at radius 2 is 2.25 bits per heavy atom. The molecule has 1 aromatic rings. The minimum Gasteiger partial charge on any atom is -0.491 e. The maximum absolute atomic E-state index is 12.7. The largest absolute Gasteiger partial charge is 0.491 e. The molecule has 0 radical (unpaired) electrons. The number of hydrogen-bond acceptors (Lipinski definition) is 4. The molecule has 0 amide bonds. The zero-order chi connectivity index (χ0) is 12.0. The van der Waals surface area contributed by atoms with Crippen LogP contribution in [-0.4, -0.2) is 19.7 Å². The van der Waals surface area contributed by atoms with Crippen LogP contribution in [0.1, 0.15) is 12.8 Å². The third-order valence-corrected chi connectivity index (χ3v) is 1.98. The molecule has 0 fully saturated rings. The van der Waals surface area contributed by atoms with E-state index in [-0.39, 0.29) is 18.1 Å². The van der Waals surface area contributed by atoms with Gasteiger partial charge < -0.3 is 15.2 Å². The van der Waals surface area contributed by atoms with Crippen LogP contribution in [0.15, 0.2) is 18.2 Å². The third-order valence-electron chi connectivity index (χ3n) is 1.98. The fourth-order valence-electron chi connectivity index (χ4n) is 1.15. The topological polar surface area (TPSA) is 61.5 Å². The number of nitrogen functional groups attached to an aromatic ring is 1. The lowest BCUT2D eigenvalue weighted by atomic mass is 10.3. The minimum atomic E-state index is -0.403. The standard InChI is InChI=1S/C11H14FNO3/c1-15-11(14)3-2-6-16-10-5-4-8(12)7-9(10)13/h4-5,7H,2-3,6,13H2,1H3. The van der Waals surface area contributed by atoms with Gasteiger partial charge in [-0.15, -0.1) is 0 Å². The number of rotatable bonds is 5. The van der Waals surface area contributed by atoms with E-state index in [0.717, 1.165) is 0 Å². The van der Waals surface area contributed by atoms with Gasteiger partial charge >= 0.3 is 5.97 Å². The van der Waals surface area contributed by atoms with E-state index in [9.17, 15) is 9.18 Å². The van der Waals surface area contributed by atoms with Gasteiger partial charge in [0.2, 0.25) is 0 Å². The van der Waals surface area contributed by atoms with Crippen molar-refractivity contribution in [1.29, 1.82) is 0 Å². The highest BCUT2D eigenvalue weighted by Gasteiger charge is 2.03. The van der Waals surface area contributed by atoms with E-state index < -0.39 is 5.82 Å². The molecule has 0 spiro atoms. The zero-order valence-electron chi connectivity index (χ0n) is 9.03. The highest BCUT2D eigenvalue weighted by molar-refractivity contribution is 5.69. The average Bonchev–Trinajstić information content (AvgIpc) is 2.26. The Kier molecular flexibility index (Phi) is 4.57. The van der Waals surface area contributed by atoms with Crippen LogP contribution in [-0.2, 0) is 9.53 Å². The number of ether oxygens (including phenoxy) is 2. The predicted molar refractivity (Wildman–Crippen MR) is 57.6 cm³/mol. The van der Waals surface area contributed by atoms with Gasteiger partial charge in [0.05, 0.1) is 19.4 Å². The van der Waals surface area contributed by atoms with E-state index in [1.807, 2.05) is 0 Å². The van der Waals surface area contributed by atoms with Crippen LogP contribution in [0.5, 0.6) is 5.75 Å². The van der Waals surface area contributed by atoms with Crippen LogP contribution in [0.25, 0.3) is 0 Å². The van der Waals surface area contributed by atoms with Crippen LogP contribution in [0, 0.1) is 5.82 Å². The Hall–Kier alpha value is -1.78. The third kappa shape index (κ3) is 3.76. The van der Waals surface area contributed by atoms with Crippen molar-refractivity contribution in [3.05, 3.63) is 24.0 Å². The maximum atomic E-state index is 12.7. The van der Waals surface area contributed by atoms with Gasteiger partial charge in [-0.1, -0.05) is 0 Å². The molecule has 0 saturated heterocycles. The number of carbonyl (C=O) groups is 1. The molecule has 0 unspecified atom stereocenters. The number of hydrogen-bond donors (Lipinski definition) is 1.